The van der Waals surface area contributed by atoms with E-state index in [1.54, 1.807) is 7.05 Å². The number of aliphatic hydroxyl groups is 1. The third-order valence-corrected chi connectivity index (χ3v) is 5.04. The summed E-state index contributed by atoms with van der Waals surface area (Å²) in [5.74, 6) is 0. The van der Waals surface area contributed by atoms with Crippen molar-refractivity contribution in [3.8, 4) is 0 Å². The molecular formula is C14H16F3NO3S. The van der Waals surface area contributed by atoms with Crippen LogP contribution in [0, 0.1) is 6.92 Å². The standard InChI is InChI=1S/C14H16F3NO3S/c1-8-12(13(2,19)14(15,16)17)10-7-9(22(4,20)21)5-6-11(10)18(8)3/h5-7,19H,1-4H3. The first-order chi connectivity index (χ1) is 9.78. The number of benzene rings is 1. The second-order valence-corrected chi connectivity index (χ2v) is 7.56. The van der Waals surface area contributed by atoms with Gasteiger partial charge in [0.25, 0.3) is 0 Å². The van der Waals surface area contributed by atoms with Crippen molar-refractivity contribution in [2.24, 2.45) is 7.05 Å². The Bertz CT molecular complexity index is 848. The average molecular weight is 335 g/mol. The van der Waals surface area contributed by atoms with Crippen molar-refractivity contribution in [3.05, 3.63) is 29.5 Å². The highest BCUT2D eigenvalue weighted by Gasteiger charge is 2.53. The van der Waals surface area contributed by atoms with E-state index in [1.807, 2.05) is 0 Å². The number of fused-ring (bicyclic) bond motifs is 1. The second kappa shape index (κ2) is 4.73. The predicted molar refractivity (Wildman–Crippen MR) is 76.4 cm³/mol. The Morgan fingerprint density at radius 3 is 2.23 bits per heavy atom. The summed E-state index contributed by atoms with van der Waals surface area (Å²) in [6, 6.07) is 3.95. The molecule has 0 amide bonds. The zero-order valence-corrected chi connectivity index (χ0v) is 13.3. The lowest BCUT2D eigenvalue weighted by Crippen LogP contribution is -2.39. The van der Waals surface area contributed by atoms with E-state index in [0.717, 1.165) is 6.26 Å². The quantitative estimate of drug-likeness (QED) is 0.918. The number of hydrogen-bond acceptors (Lipinski definition) is 3. The van der Waals surface area contributed by atoms with Crippen LogP contribution in [0.2, 0.25) is 0 Å². The van der Waals surface area contributed by atoms with Crippen molar-refractivity contribution in [2.45, 2.75) is 30.5 Å². The minimum Gasteiger partial charge on any atom is -0.376 e. The number of sulfone groups is 1. The number of aryl methyl sites for hydroxylation is 1. The zero-order chi connectivity index (χ0) is 17.1. The topological polar surface area (TPSA) is 59.3 Å². The fraction of sp³-hybridized carbons (Fsp3) is 0.429. The Morgan fingerprint density at radius 1 is 1.23 bits per heavy atom. The molecule has 0 bridgehead atoms. The average Bonchev–Trinajstić information content (AvgIpc) is 2.59. The Kier molecular flexibility index (Phi) is 3.61. The highest BCUT2D eigenvalue weighted by atomic mass is 32.2. The molecule has 0 saturated carbocycles. The van der Waals surface area contributed by atoms with Crippen LogP contribution in [0.4, 0.5) is 13.2 Å². The predicted octanol–water partition coefficient (Wildman–Crippen LogP) is 2.66. The summed E-state index contributed by atoms with van der Waals surface area (Å²) in [4.78, 5) is -0.0928. The van der Waals surface area contributed by atoms with Gasteiger partial charge < -0.3 is 9.67 Å². The van der Waals surface area contributed by atoms with Gasteiger partial charge in [0.15, 0.2) is 15.4 Å². The maximum Gasteiger partial charge on any atom is 0.421 e. The van der Waals surface area contributed by atoms with E-state index < -0.39 is 21.6 Å². The van der Waals surface area contributed by atoms with Crippen LogP contribution < -0.4 is 0 Å². The van der Waals surface area contributed by atoms with Crippen LogP contribution in [0.15, 0.2) is 23.1 Å². The molecular weight excluding hydrogens is 319 g/mol. The molecule has 0 saturated heterocycles. The fourth-order valence-electron chi connectivity index (χ4n) is 2.54. The molecule has 122 valence electrons. The van der Waals surface area contributed by atoms with Crippen LogP contribution in [-0.4, -0.2) is 30.5 Å². The van der Waals surface area contributed by atoms with Crippen LogP contribution in [0.3, 0.4) is 0 Å². The first-order valence-corrected chi connectivity index (χ1v) is 8.26. The van der Waals surface area contributed by atoms with Crippen LogP contribution >= 0.6 is 0 Å². The van der Waals surface area contributed by atoms with E-state index in [9.17, 15) is 26.7 Å². The van der Waals surface area contributed by atoms with E-state index in [-0.39, 0.29) is 21.5 Å². The van der Waals surface area contributed by atoms with Crippen LogP contribution in [0.5, 0.6) is 0 Å². The van der Waals surface area contributed by atoms with E-state index in [4.69, 9.17) is 0 Å². The van der Waals surface area contributed by atoms with E-state index >= 15 is 0 Å². The lowest BCUT2D eigenvalue weighted by atomic mass is 9.92. The summed E-state index contributed by atoms with van der Waals surface area (Å²) in [6.45, 7) is 2.12. The summed E-state index contributed by atoms with van der Waals surface area (Å²) in [5, 5.41) is 10.1. The van der Waals surface area contributed by atoms with E-state index in [0.29, 0.717) is 12.4 Å². The van der Waals surface area contributed by atoms with Gasteiger partial charge in [0.1, 0.15) is 0 Å². The molecule has 0 aliphatic carbocycles. The smallest absolute Gasteiger partial charge is 0.376 e. The molecule has 22 heavy (non-hydrogen) atoms. The van der Waals surface area contributed by atoms with E-state index in [2.05, 4.69) is 0 Å². The van der Waals surface area contributed by atoms with Gasteiger partial charge in [-0.05, 0) is 32.0 Å². The van der Waals surface area contributed by atoms with Gasteiger partial charge in [-0.25, -0.2) is 8.42 Å². The molecule has 0 aliphatic rings. The lowest BCUT2D eigenvalue weighted by Gasteiger charge is -2.27. The molecule has 1 aromatic heterocycles. The van der Waals surface area contributed by atoms with Crippen LogP contribution in [0.25, 0.3) is 10.9 Å². The molecule has 2 aromatic rings. The van der Waals surface area contributed by atoms with Gasteiger partial charge in [-0.2, -0.15) is 13.2 Å². The second-order valence-electron chi connectivity index (χ2n) is 5.54. The first-order valence-electron chi connectivity index (χ1n) is 6.37. The minimum atomic E-state index is -4.88. The highest BCUT2D eigenvalue weighted by molar-refractivity contribution is 7.90. The molecule has 0 radical (unpaired) electrons. The maximum absolute atomic E-state index is 13.2. The Hall–Kier alpha value is -1.54. The summed E-state index contributed by atoms with van der Waals surface area (Å²) in [6.07, 6.45) is -3.90. The van der Waals surface area contributed by atoms with Crippen molar-refractivity contribution < 1.29 is 26.7 Å². The third-order valence-electron chi connectivity index (χ3n) is 3.93. The van der Waals surface area contributed by atoms with Crippen molar-refractivity contribution in [1.82, 2.24) is 4.57 Å². The molecule has 1 unspecified atom stereocenters. The largest absolute Gasteiger partial charge is 0.421 e. The minimum absolute atomic E-state index is 0.0743. The highest BCUT2D eigenvalue weighted by Crippen LogP contribution is 2.44. The van der Waals surface area contributed by atoms with Crippen molar-refractivity contribution in [1.29, 1.82) is 0 Å². The fourth-order valence-corrected chi connectivity index (χ4v) is 3.19. The van der Waals surface area contributed by atoms with Crippen molar-refractivity contribution >= 4 is 20.7 Å². The van der Waals surface area contributed by atoms with Crippen LogP contribution in [0.1, 0.15) is 18.2 Å². The number of rotatable bonds is 2. The van der Waals surface area contributed by atoms with Crippen molar-refractivity contribution in [3.63, 3.8) is 0 Å². The molecule has 0 spiro atoms. The molecule has 0 fully saturated rings. The van der Waals surface area contributed by atoms with Gasteiger partial charge in [0.05, 0.1) is 4.90 Å². The van der Waals surface area contributed by atoms with E-state index in [1.165, 1.54) is 29.7 Å². The Morgan fingerprint density at radius 2 is 1.77 bits per heavy atom. The molecule has 1 atom stereocenters. The number of aromatic nitrogens is 1. The molecule has 1 N–H and O–H groups in total. The molecule has 1 heterocycles. The normalized spacial score (nSPS) is 16.0. The maximum atomic E-state index is 13.2. The summed E-state index contributed by atoms with van der Waals surface area (Å²) >= 11 is 0. The molecule has 1 aromatic carbocycles. The molecule has 8 heteroatoms. The summed E-state index contributed by atoms with van der Waals surface area (Å²) in [7, 11) is -2.00. The summed E-state index contributed by atoms with van der Waals surface area (Å²) < 4.78 is 64.3. The zero-order valence-electron chi connectivity index (χ0n) is 12.5. The molecule has 0 aliphatic heterocycles. The van der Waals surface area contributed by atoms with Gasteiger partial charge in [-0.15, -0.1) is 0 Å². The Labute approximate surface area is 126 Å². The Balaban J connectivity index is 2.93. The first kappa shape index (κ1) is 16.8. The summed E-state index contributed by atoms with van der Waals surface area (Å²) in [5.41, 5.74) is -2.76. The number of nitrogens with zero attached hydrogens (tertiary/aromatic N) is 1. The number of hydrogen-bond donors (Lipinski definition) is 1. The third kappa shape index (κ3) is 2.40. The lowest BCUT2D eigenvalue weighted by molar-refractivity contribution is -0.258. The van der Waals surface area contributed by atoms with Gasteiger partial charge in [-0.1, -0.05) is 0 Å². The number of alkyl halides is 3. The van der Waals surface area contributed by atoms with Crippen LogP contribution in [-0.2, 0) is 22.5 Å². The van der Waals surface area contributed by atoms with Crippen molar-refractivity contribution in [2.75, 3.05) is 6.26 Å². The SMILES string of the molecule is Cc1c(C(C)(O)C(F)(F)F)c2cc(S(C)(=O)=O)ccc2n1C. The van der Waals surface area contributed by atoms with Gasteiger partial charge >= 0.3 is 6.18 Å². The van der Waals surface area contributed by atoms with Gasteiger partial charge in [0, 0.05) is 35.5 Å². The number of halogens is 3. The van der Waals surface area contributed by atoms with Gasteiger partial charge in [-0.3, -0.25) is 0 Å². The molecule has 2 rings (SSSR count). The van der Waals surface area contributed by atoms with Gasteiger partial charge in [0.2, 0.25) is 0 Å². The molecule has 4 nitrogen and oxygen atoms in total. The monoisotopic (exact) mass is 335 g/mol.